The molecule has 0 heterocycles. The fraction of sp³-hybridized carbons (Fsp3) is 0.462. The minimum atomic E-state index is -0.701. The average molecular weight is 255 g/mol. The Morgan fingerprint density at radius 1 is 1.50 bits per heavy atom. The van der Waals surface area contributed by atoms with Crippen LogP contribution >= 0.6 is 0 Å². The molecule has 1 aromatic carbocycles. The zero-order valence-electron chi connectivity index (χ0n) is 11.0. The van der Waals surface area contributed by atoms with Crippen LogP contribution in [0.3, 0.4) is 0 Å². The number of rotatable bonds is 4. The van der Waals surface area contributed by atoms with Crippen molar-refractivity contribution >= 4 is 5.91 Å². The van der Waals surface area contributed by atoms with Crippen LogP contribution in [0.25, 0.3) is 0 Å². The molecule has 1 amide bonds. The first-order chi connectivity index (χ1) is 8.33. The summed E-state index contributed by atoms with van der Waals surface area (Å²) >= 11 is 0. The van der Waals surface area contributed by atoms with Gasteiger partial charge < -0.3 is 14.7 Å². The topological polar surface area (TPSA) is 49.8 Å². The van der Waals surface area contributed by atoms with Crippen LogP contribution in [0.2, 0.25) is 0 Å². The van der Waals surface area contributed by atoms with E-state index in [-0.39, 0.29) is 23.8 Å². The highest BCUT2D eigenvalue weighted by Gasteiger charge is 2.27. The molecular formula is C13H18FNO3. The highest BCUT2D eigenvalue weighted by Crippen LogP contribution is 2.20. The van der Waals surface area contributed by atoms with Crippen LogP contribution in [0.15, 0.2) is 18.2 Å². The van der Waals surface area contributed by atoms with E-state index in [9.17, 15) is 14.3 Å². The van der Waals surface area contributed by atoms with Crippen molar-refractivity contribution in [2.75, 3.05) is 20.8 Å². The smallest absolute Gasteiger partial charge is 0.254 e. The number of carbonyl (C=O) groups is 1. The van der Waals surface area contributed by atoms with E-state index >= 15 is 0 Å². The monoisotopic (exact) mass is 255 g/mol. The molecule has 18 heavy (non-hydrogen) atoms. The molecule has 1 N–H and O–H groups in total. The molecule has 1 rings (SSSR count). The van der Waals surface area contributed by atoms with Gasteiger partial charge in [0.1, 0.15) is 0 Å². The van der Waals surface area contributed by atoms with Crippen molar-refractivity contribution in [2.45, 2.75) is 19.4 Å². The number of likely N-dealkylation sites (N-methyl/N-ethyl adjacent to an activating group) is 1. The summed E-state index contributed by atoms with van der Waals surface area (Å²) < 4.78 is 18.3. The van der Waals surface area contributed by atoms with E-state index in [1.165, 1.54) is 24.1 Å². The van der Waals surface area contributed by atoms with Gasteiger partial charge in [-0.3, -0.25) is 4.79 Å². The van der Waals surface area contributed by atoms with Gasteiger partial charge in [-0.25, -0.2) is 4.39 Å². The molecule has 0 aliphatic carbocycles. The van der Waals surface area contributed by atoms with E-state index in [0.29, 0.717) is 0 Å². The molecule has 0 fully saturated rings. The molecule has 0 atom stereocenters. The Balaban J connectivity index is 3.01. The van der Waals surface area contributed by atoms with Gasteiger partial charge in [-0.15, -0.1) is 0 Å². The van der Waals surface area contributed by atoms with Crippen LogP contribution in [0, 0.1) is 5.82 Å². The van der Waals surface area contributed by atoms with Crippen LogP contribution in [0.4, 0.5) is 4.39 Å². The Hall–Kier alpha value is -1.62. The quantitative estimate of drug-likeness (QED) is 0.890. The predicted octanol–water partition coefficient (Wildman–Crippen LogP) is 1.68. The first-order valence-electron chi connectivity index (χ1n) is 5.56. The van der Waals surface area contributed by atoms with E-state index in [1.54, 1.807) is 20.9 Å². The molecule has 0 bridgehead atoms. The lowest BCUT2D eigenvalue weighted by molar-refractivity contribution is 0.0472. The standard InChI is InChI=1S/C13H18FNO3/c1-13(2,8-16)15(3)12(17)9-5-6-11(18-4)10(14)7-9/h5-7,16H,8H2,1-4H3. The van der Waals surface area contributed by atoms with Gasteiger partial charge in [-0.2, -0.15) is 0 Å². The van der Waals surface area contributed by atoms with Crippen LogP contribution < -0.4 is 4.74 Å². The van der Waals surface area contributed by atoms with E-state index < -0.39 is 11.4 Å². The predicted molar refractivity (Wildman–Crippen MR) is 66.2 cm³/mol. The third kappa shape index (κ3) is 2.79. The zero-order valence-corrected chi connectivity index (χ0v) is 11.0. The molecule has 0 radical (unpaired) electrons. The van der Waals surface area contributed by atoms with Gasteiger partial charge in [-0.1, -0.05) is 0 Å². The highest BCUT2D eigenvalue weighted by molar-refractivity contribution is 5.94. The van der Waals surface area contributed by atoms with Gasteiger partial charge in [0.15, 0.2) is 11.6 Å². The van der Waals surface area contributed by atoms with Crippen molar-refractivity contribution < 1.29 is 19.0 Å². The van der Waals surface area contributed by atoms with Gasteiger partial charge in [0, 0.05) is 12.6 Å². The Kier molecular flexibility index (Phi) is 4.29. The summed E-state index contributed by atoms with van der Waals surface area (Å²) in [6.45, 7) is 3.28. The lowest BCUT2D eigenvalue weighted by Gasteiger charge is -2.34. The molecule has 0 saturated carbocycles. The number of amides is 1. The van der Waals surface area contributed by atoms with Crippen molar-refractivity contribution in [1.82, 2.24) is 4.90 Å². The number of nitrogens with zero attached hydrogens (tertiary/aromatic N) is 1. The molecule has 0 saturated heterocycles. The maximum absolute atomic E-state index is 13.5. The second-order valence-electron chi connectivity index (χ2n) is 4.68. The van der Waals surface area contributed by atoms with Gasteiger partial charge in [0.25, 0.3) is 5.91 Å². The molecule has 100 valence electrons. The highest BCUT2D eigenvalue weighted by atomic mass is 19.1. The Morgan fingerprint density at radius 2 is 2.11 bits per heavy atom. The van der Waals surface area contributed by atoms with Crippen molar-refractivity contribution in [1.29, 1.82) is 0 Å². The number of benzene rings is 1. The average Bonchev–Trinajstić information content (AvgIpc) is 2.36. The Bertz CT molecular complexity index is 446. The van der Waals surface area contributed by atoms with Gasteiger partial charge in [-0.05, 0) is 32.0 Å². The number of methoxy groups -OCH3 is 1. The molecule has 0 aromatic heterocycles. The molecule has 1 aromatic rings. The lowest BCUT2D eigenvalue weighted by Crippen LogP contribution is -2.47. The van der Waals surface area contributed by atoms with Crippen LogP contribution in [-0.4, -0.2) is 42.2 Å². The number of halogens is 1. The van der Waals surface area contributed by atoms with Crippen molar-refractivity contribution in [2.24, 2.45) is 0 Å². The number of aliphatic hydroxyl groups is 1. The first-order valence-corrected chi connectivity index (χ1v) is 5.56. The van der Waals surface area contributed by atoms with Gasteiger partial charge >= 0.3 is 0 Å². The van der Waals surface area contributed by atoms with Crippen molar-refractivity contribution in [3.63, 3.8) is 0 Å². The number of carbonyl (C=O) groups excluding carboxylic acids is 1. The van der Waals surface area contributed by atoms with E-state index in [2.05, 4.69) is 0 Å². The minimum absolute atomic E-state index is 0.0932. The maximum atomic E-state index is 13.5. The third-order valence-electron chi connectivity index (χ3n) is 3.00. The Morgan fingerprint density at radius 3 is 2.56 bits per heavy atom. The maximum Gasteiger partial charge on any atom is 0.254 e. The summed E-state index contributed by atoms with van der Waals surface area (Å²) in [5.41, 5.74) is -0.481. The normalized spacial score (nSPS) is 11.2. The first kappa shape index (κ1) is 14.4. The summed E-state index contributed by atoms with van der Waals surface area (Å²) in [4.78, 5) is 13.5. The lowest BCUT2D eigenvalue weighted by atomic mass is 10.0. The third-order valence-corrected chi connectivity index (χ3v) is 3.00. The van der Waals surface area contributed by atoms with Gasteiger partial charge in [0.05, 0.1) is 19.3 Å². The fourth-order valence-electron chi connectivity index (χ4n) is 1.37. The van der Waals surface area contributed by atoms with Crippen LogP contribution in [0.1, 0.15) is 24.2 Å². The van der Waals surface area contributed by atoms with Crippen LogP contribution in [0.5, 0.6) is 5.75 Å². The summed E-state index contributed by atoms with van der Waals surface area (Å²) in [6.07, 6.45) is 0. The zero-order chi connectivity index (χ0) is 13.9. The Labute approximate surface area is 106 Å². The van der Waals surface area contributed by atoms with Gasteiger partial charge in [0.2, 0.25) is 0 Å². The van der Waals surface area contributed by atoms with Crippen molar-refractivity contribution in [3.8, 4) is 5.75 Å². The SMILES string of the molecule is COc1ccc(C(=O)N(C)C(C)(C)CO)cc1F. The molecule has 0 aliphatic rings. The van der Waals surface area contributed by atoms with E-state index in [4.69, 9.17) is 4.74 Å². The summed E-state index contributed by atoms with van der Waals surface area (Å²) in [6, 6.07) is 4.03. The number of hydrogen-bond donors (Lipinski definition) is 1. The fourth-order valence-corrected chi connectivity index (χ4v) is 1.37. The van der Waals surface area contributed by atoms with Crippen LogP contribution in [-0.2, 0) is 0 Å². The molecule has 0 aliphatic heterocycles. The minimum Gasteiger partial charge on any atom is -0.494 e. The summed E-state index contributed by atoms with van der Waals surface area (Å²) in [5.74, 6) is -0.843. The molecule has 4 nitrogen and oxygen atoms in total. The molecule has 0 spiro atoms. The second kappa shape index (κ2) is 5.35. The van der Waals surface area contributed by atoms with Crippen molar-refractivity contribution in [3.05, 3.63) is 29.6 Å². The number of ether oxygens (including phenoxy) is 1. The second-order valence-corrected chi connectivity index (χ2v) is 4.68. The number of hydrogen-bond acceptors (Lipinski definition) is 3. The van der Waals surface area contributed by atoms with E-state index in [0.717, 1.165) is 6.07 Å². The largest absolute Gasteiger partial charge is 0.494 e. The molecular weight excluding hydrogens is 237 g/mol. The number of aliphatic hydroxyl groups excluding tert-OH is 1. The van der Waals surface area contributed by atoms with E-state index in [1.807, 2.05) is 0 Å². The summed E-state index contributed by atoms with van der Waals surface area (Å²) in [5, 5.41) is 9.21. The molecule has 5 heteroatoms. The summed E-state index contributed by atoms with van der Waals surface area (Å²) in [7, 11) is 2.93. The molecule has 0 unspecified atom stereocenters.